The minimum Gasteiger partial charge on any atom is -0.472 e. The third-order valence-corrected chi connectivity index (χ3v) is 4.44. The van der Waals surface area contributed by atoms with Gasteiger partial charge >= 0.3 is 0 Å². The van der Waals surface area contributed by atoms with Crippen LogP contribution in [0, 0.1) is 6.92 Å². The molecule has 1 amide bonds. The second-order valence-electron chi connectivity index (χ2n) is 6.34. The zero-order valence-corrected chi connectivity index (χ0v) is 14.0. The maximum Gasteiger partial charge on any atom is 0.228 e. The van der Waals surface area contributed by atoms with Gasteiger partial charge < -0.3 is 14.2 Å². The fourth-order valence-corrected chi connectivity index (χ4v) is 3.07. The quantitative estimate of drug-likeness (QED) is 0.732. The molecular formula is C19H19N3O3. The summed E-state index contributed by atoms with van der Waals surface area (Å²) in [6.07, 6.45) is 2.81. The number of hydrogen-bond acceptors (Lipinski definition) is 5. The molecule has 3 aromatic rings. The van der Waals surface area contributed by atoms with Crippen molar-refractivity contribution in [3.05, 3.63) is 53.9 Å². The molecular weight excluding hydrogens is 318 g/mol. The number of aromatic nitrogens is 2. The van der Waals surface area contributed by atoms with Crippen molar-refractivity contribution in [2.75, 3.05) is 13.1 Å². The predicted molar refractivity (Wildman–Crippen MR) is 92.3 cm³/mol. The number of fused-ring (bicyclic) bond motifs is 1. The molecule has 4 rings (SSSR count). The molecule has 0 spiro atoms. The van der Waals surface area contributed by atoms with Crippen LogP contribution in [0.5, 0.6) is 5.88 Å². The van der Waals surface area contributed by atoms with Crippen molar-refractivity contribution < 1.29 is 14.1 Å². The maximum absolute atomic E-state index is 12.6. The van der Waals surface area contributed by atoms with E-state index in [-0.39, 0.29) is 18.4 Å². The smallest absolute Gasteiger partial charge is 0.228 e. The summed E-state index contributed by atoms with van der Waals surface area (Å²) in [5.74, 6) is 0.648. The molecule has 3 heterocycles. The van der Waals surface area contributed by atoms with Gasteiger partial charge in [0.25, 0.3) is 0 Å². The summed E-state index contributed by atoms with van der Waals surface area (Å²) in [6.45, 7) is 3.25. The van der Waals surface area contributed by atoms with E-state index in [1.165, 1.54) is 0 Å². The molecule has 0 saturated carbocycles. The van der Waals surface area contributed by atoms with Crippen LogP contribution in [-0.4, -0.2) is 40.1 Å². The van der Waals surface area contributed by atoms with E-state index in [1.807, 2.05) is 48.2 Å². The highest BCUT2D eigenvalue weighted by atomic mass is 16.5. The molecule has 128 valence electrons. The van der Waals surface area contributed by atoms with Crippen molar-refractivity contribution in [2.45, 2.75) is 25.9 Å². The van der Waals surface area contributed by atoms with Gasteiger partial charge in [0.2, 0.25) is 11.8 Å². The van der Waals surface area contributed by atoms with Crippen LogP contribution in [0.1, 0.15) is 17.7 Å². The SMILES string of the molecule is Cc1ccc(OC2CCN(C(=O)Cc3noc4ccccc34)C2)nc1. The second-order valence-corrected chi connectivity index (χ2v) is 6.34. The van der Waals surface area contributed by atoms with Crippen LogP contribution in [0.3, 0.4) is 0 Å². The van der Waals surface area contributed by atoms with Gasteiger partial charge in [-0.1, -0.05) is 23.4 Å². The number of amides is 1. The number of nitrogens with zero attached hydrogens (tertiary/aromatic N) is 3. The number of aryl methyl sites for hydroxylation is 1. The molecule has 1 aliphatic heterocycles. The second kappa shape index (κ2) is 6.55. The summed E-state index contributed by atoms with van der Waals surface area (Å²) in [5.41, 5.74) is 2.49. The molecule has 1 fully saturated rings. The molecule has 6 heteroatoms. The highest BCUT2D eigenvalue weighted by molar-refractivity contribution is 5.86. The van der Waals surface area contributed by atoms with Crippen molar-refractivity contribution in [3.8, 4) is 5.88 Å². The molecule has 1 unspecified atom stereocenters. The van der Waals surface area contributed by atoms with E-state index < -0.39 is 0 Å². The molecule has 6 nitrogen and oxygen atoms in total. The van der Waals surface area contributed by atoms with Gasteiger partial charge in [-0.15, -0.1) is 0 Å². The summed E-state index contributed by atoms with van der Waals surface area (Å²) < 4.78 is 11.1. The summed E-state index contributed by atoms with van der Waals surface area (Å²) >= 11 is 0. The van der Waals surface area contributed by atoms with E-state index in [0.29, 0.717) is 30.2 Å². The number of para-hydroxylation sites is 1. The predicted octanol–water partition coefficient (Wildman–Crippen LogP) is 2.75. The van der Waals surface area contributed by atoms with Crippen LogP contribution < -0.4 is 4.74 Å². The van der Waals surface area contributed by atoms with Gasteiger partial charge in [0.15, 0.2) is 5.58 Å². The topological polar surface area (TPSA) is 68.5 Å². The van der Waals surface area contributed by atoms with Gasteiger partial charge in [-0.2, -0.15) is 0 Å². The van der Waals surface area contributed by atoms with Crippen molar-refractivity contribution in [1.29, 1.82) is 0 Å². The van der Waals surface area contributed by atoms with Gasteiger partial charge in [0, 0.05) is 30.6 Å². The Morgan fingerprint density at radius 3 is 3.04 bits per heavy atom. The number of benzene rings is 1. The molecule has 0 bridgehead atoms. The lowest BCUT2D eigenvalue weighted by molar-refractivity contribution is -0.129. The van der Waals surface area contributed by atoms with Gasteiger partial charge in [-0.25, -0.2) is 4.98 Å². The Morgan fingerprint density at radius 1 is 1.32 bits per heavy atom. The number of carbonyl (C=O) groups is 1. The minimum absolute atomic E-state index is 0.0202. The van der Waals surface area contributed by atoms with Crippen molar-refractivity contribution >= 4 is 16.9 Å². The van der Waals surface area contributed by atoms with Crippen LogP contribution in [-0.2, 0) is 11.2 Å². The van der Waals surface area contributed by atoms with Crippen LogP contribution in [0.2, 0.25) is 0 Å². The number of likely N-dealkylation sites (tertiary alicyclic amines) is 1. The van der Waals surface area contributed by atoms with Gasteiger partial charge in [-0.3, -0.25) is 4.79 Å². The molecule has 1 saturated heterocycles. The zero-order chi connectivity index (χ0) is 17.2. The number of ether oxygens (including phenoxy) is 1. The standard InChI is InChI=1S/C19H19N3O3/c1-13-6-7-18(20-11-13)24-14-8-9-22(12-14)19(23)10-16-15-4-2-3-5-17(15)25-21-16/h2-7,11,14H,8-10,12H2,1H3. The van der Waals surface area contributed by atoms with Gasteiger partial charge in [0.05, 0.1) is 13.0 Å². The first-order valence-electron chi connectivity index (χ1n) is 8.39. The fourth-order valence-electron chi connectivity index (χ4n) is 3.07. The molecule has 1 atom stereocenters. The molecule has 0 N–H and O–H groups in total. The largest absolute Gasteiger partial charge is 0.472 e. The normalized spacial score (nSPS) is 17.2. The Bertz CT molecular complexity index is 888. The summed E-state index contributed by atoms with van der Waals surface area (Å²) in [5, 5.41) is 4.93. The summed E-state index contributed by atoms with van der Waals surface area (Å²) in [7, 11) is 0. The van der Waals surface area contributed by atoms with E-state index >= 15 is 0 Å². The molecule has 2 aromatic heterocycles. The molecule has 1 aromatic carbocycles. The summed E-state index contributed by atoms with van der Waals surface area (Å²) in [6, 6.07) is 11.4. The van der Waals surface area contributed by atoms with Crippen LogP contribution >= 0.6 is 0 Å². The first kappa shape index (κ1) is 15.6. The van der Waals surface area contributed by atoms with Crippen molar-refractivity contribution in [3.63, 3.8) is 0 Å². The zero-order valence-electron chi connectivity index (χ0n) is 14.0. The summed E-state index contributed by atoms with van der Waals surface area (Å²) in [4.78, 5) is 18.7. The third kappa shape index (κ3) is 3.33. The lowest BCUT2D eigenvalue weighted by atomic mass is 10.1. The van der Waals surface area contributed by atoms with E-state index in [1.54, 1.807) is 6.20 Å². The lowest BCUT2D eigenvalue weighted by Gasteiger charge is -2.16. The van der Waals surface area contributed by atoms with E-state index in [2.05, 4.69) is 10.1 Å². The molecule has 25 heavy (non-hydrogen) atoms. The average Bonchev–Trinajstić information content (AvgIpc) is 3.25. The van der Waals surface area contributed by atoms with E-state index in [9.17, 15) is 4.79 Å². The average molecular weight is 337 g/mol. The monoisotopic (exact) mass is 337 g/mol. The van der Waals surface area contributed by atoms with Gasteiger partial charge in [0.1, 0.15) is 11.8 Å². The number of hydrogen-bond donors (Lipinski definition) is 0. The van der Waals surface area contributed by atoms with E-state index in [0.717, 1.165) is 17.4 Å². The highest BCUT2D eigenvalue weighted by Gasteiger charge is 2.28. The lowest BCUT2D eigenvalue weighted by Crippen LogP contribution is -2.32. The number of carbonyl (C=O) groups excluding carboxylic acids is 1. The fraction of sp³-hybridized carbons (Fsp3) is 0.316. The Hall–Kier alpha value is -2.89. The van der Waals surface area contributed by atoms with Crippen LogP contribution in [0.4, 0.5) is 0 Å². The Labute approximate surface area is 145 Å². The molecule has 0 radical (unpaired) electrons. The van der Waals surface area contributed by atoms with Crippen LogP contribution in [0.15, 0.2) is 47.1 Å². The Balaban J connectivity index is 1.38. The maximum atomic E-state index is 12.6. The highest BCUT2D eigenvalue weighted by Crippen LogP contribution is 2.21. The Kier molecular flexibility index (Phi) is 4.09. The number of rotatable bonds is 4. The molecule has 0 aliphatic carbocycles. The van der Waals surface area contributed by atoms with E-state index in [4.69, 9.17) is 9.26 Å². The van der Waals surface area contributed by atoms with Crippen molar-refractivity contribution in [2.24, 2.45) is 0 Å². The van der Waals surface area contributed by atoms with Crippen molar-refractivity contribution in [1.82, 2.24) is 15.0 Å². The molecule has 1 aliphatic rings. The number of pyridine rings is 1. The third-order valence-electron chi connectivity index (χ3n) is 4.44. The minimum atomic E-state index is -0.0202. The Morgan fingerprint density at radius 2 is 2.20 bits per heavy atom. The first-order valence-corrected chi connectivity index (χ1v) is 8.39. The van der Waals surface area contributed by atoms with Crippen LogP contribution in [0.25, 0.3) is 11.0 Å². The first-order chi connectivity index (χ1) is 12.2. The van der Waals surface area contributed by atoms with Gasteiger partial charge in [-0.05, 0) is 24.6 Å².